The van der Waals surface area contributed by atoms with Crippen molar-refractivity contribution in [3.63, 3.8) is 0 Å². The van der Waals surface area contributed by atoms with Gasteiger partial charge in [-0.25, -0.2) is 0 Å². The molecule has 0 aromatic heterocycles. The summed E-state index contributed by atoms with van der Waals surface area (Å²) in [6.07, 6.45) is -3.49. The SMILES string of the molecule is N[C@@H](c1cc(Cl)c(C(F)(F)F)cc1O)C1CCN(C(=O)CCO)CC1. The fourth-order valence-electron chi connectivity index (χ4n) is 3.08. The zero-order valence-corrected chi connectivity index (χ0v) is 14.1. The number of carbonyl (C=O) groups excluding carboxylic acids is 1. The van der Waals surface area contributed by atoms with Crippen molar-refractivity contribution in [1.29, 1.82) is 0 Å². The van der Waals surface area contributed by atoms with Crippen molar-refractivity contribution in [3.8, 4) is 5.75 Å². The van der Waals surface area contributed by atoms with E-state index in [1.807, 2.05) is 0 Å². The Bertz CT molecular complexity index is 632. The molecule has 1 amide bonds. The lowest BCUT2D eigenvalue weighted by Crippen LogP contribution is -2.41. The quantitative estimate of drug-likeness (QED) is 0.749. The lowest BCUT2D eigenvalue weighted by Gasteiger charge is -2.35. The van der Waals surface area contributed by atoms with Crippen molar-refractivity contribution in [2.75, 3.05) is 19.7 Å². The molecule has 1 atom stereocenters. The van der Waals surface area contributed by atoms with Gasteiger partial charge in [-0.2, -0.15) is 13.2 Å². The third-order valence-electron chi connectivity index (χ3n) is 4.51. The van der Waals surface area contributed by atoms with Gasteiger partial charge in [-0.05, 0) is 30.9 Å². The second-order valence-corrected chi connectivity index (χ2v) is 6.51. The first-order valence-electron chi connectivity index (χ1n) is 7.89. The fourth-order valence-corrected chi connectivity index (χ4v) is 3.36. The topological polar surface area (TPSA) is 86.8 Å². The number of benzene rings is 1. The Kier molecular flexibility index (Phi) is 6.18. The summed E-state index contributed by atoms with van der Waals surface area (Å²) >= 11 is 5.71. The maximum atomic E-state index is 12.8. The van der Waals surface area contributed by atoms with Crippen LogP contribution < -0.4 is 5.73 Å². The van der Waals surface area contributed by atoms with E-state index in [-0.39, 0.29) is 30.4 Å². The normalized spacial score (nSPS) is 17.6. The van der Waals surface area contributed by atoms with Crippen LogP contribution in [0, 0.1) is 5.92 Å². The van der Waals surface area contributed by atoms with E-state index in [0.29, 0.717) is 32.0 Å². The number of hydrogen-bond donors (Lipinski definition) is 3. The Labute approximate surface area is 148 Å². The number of nitrogens with zero attached hydrogens (tertiary/aromatic N) is 1. The molecule has 0 bridgehead atoms. The van der Waals surface area contributed by atoms with Crippen LogP contribution in [0.5, 0.6) is 5.75 Å². The summed E-state index contributed by atoms with van der Waals surface area (Å²) in [5.41, 5.74) is 5.20. The largest absolute Gasteiger partial charge is 0.508 e. The number of phenols is 1. The summed E-state index contributed by atoms with van der Waals surface area (Å²) < 4.78 is 38.4. The average molecular weight is 381 g/mol. The first-order chi connectivity index (χ1) is 11.6. The molecule has 25 heavy (non-hydrogen) atoms. The van der Waals surface area contributed by atoms with E-state index in [0.717, 1.165) is 6.07 Å². The van der Waals surface area contributed by atoms with Gasteiger partial charge in [0.2, 0.25) is 5.91 Å². The van der Waals surface area contributed by atoms with Crippen molar-refractivity contribution in [1.82, 2.24) is 4.90 Å². The second kappa shape index (κ2) is 7.80. The minimum atomic E-state index is -4.66. The fraction of sp³-hybridized carbons (Fsp3) is 0.562. The van der Waals surface area contributed by atoms with Crippen LogP contribution in [0.1, 0.15) is 36.4 Å². The van der Waals surface area contributed by atoms with E-state index < -0.39 is 28.6 Å². The molecule has 140 valence electrons. The molecule has 1 heterocycles. The van der Waals surface area contributed by atoms with Crippen LogP contribution in [-0.2, 0) is 11.0 Å². The summed E-state index contributed by atoms with van der Waals surface area (Å²) in [6.45, 7) is 0.689. The summed E-state index contributed by atoms with van der Waals surface area (Å²) in [5.74, 6) is -0.783. The number of carbonyl (C=O) groups is 1. The number of aliphatic hydroxyl groups excluding tert-OH is 1. The molecule has 0 saturated carbocycles. The Balaban J connectivity index is 2.10. The van der Waals surface area contributed by atoms with Crippen LogP contribution >= 0.6 is 11.6 Å². The second-order valence-electron chi connectivity index (χ2n) is 6.11. The van der Waals surface area contributed by atoms with Gasteiger partial charge in [0.15, 0.2) is 0 Å². The smallest absolute Gasteiger partial charge is 0.417 e. The first-order valence-corrected chi connectivity index (χ1v) is 8.26. The Morgan fingerprint density at radius 2 is 1.96 bits per heavy atom. The van der Waals surface area contributed by atoms with Gasteiger partial charge < -0.3 is 20.8 Å². The van der Waals surface area contributed by atoms with E-state index in [2.05, 4.69) is 0 Å². The minimum absolute atomic E-state index is 0.0615. The van der Waals surface area contributed by atoms with Crippen LogP contribution in [0.2, 0.25) is 5.02 Å². The third-order valence-corrected chi connectivity index (χ3v) is 4.82. The highest BCUT2D eigenvalue weighted by molar-refractivity contribution is 6.31. The van der Waals surface area contributed by atoms with Gasteiger partial charge >= 0.3 is 6.18 Å². The number of piperidine rings is 1. The van der Waals surface area contributed by atoms with E-state index in [9.17, 15) is 23.1 Å². The van der Waals surface area contributed by atoms with Gasteiger partial charge in [0, 0.05) is 31.1 Å². The molecule has 5 nitrogen and oxygen atoms in total. The lowest BCUT2D eigenvalue weighted by molar-refractivity contribution is -0.137. The zero-order valence-electron chi connectivity index (χ0n) is 13.4. The summed E-state index contributed by atoms with van der Waals surface area (Å²) in [5, 5.41) is 18.3. The Hall–Kier alpha value is -1.51. The molecule has 1 fully saturated rings. The molecule has 0 aliphatic carbocycles. The predicted octanol–water partition coefficient (Wildman–Crippen LogP) is 2.69. The highest BCUT2D eigenvalue weighted by Gasteiger charge is 2.35. The molecule has 1 aromatic rings. The maximum Gasteiger partial charge on any atom is 0.417 e. The summed E-state index contributed by atoms with van der Waals surface area (Å²) in [4.78, 5) is 13.4. The van der Waals surface area contributed by atoms with Gasteiger partial charge in [0.1, 0.15) is 5.75 Å². The average Bonchev–Trinajstić information content (AvgIpc) is 2.55. The number of alkyl halides is 3. The van der Waals surface area contributed by atoms with Crippen molar-refractivity contribution >= 4 is 17.5 Å². The number of likely N-dealkylation sites (tertiary alicyclic amines) is 1. The van der Waals surface area contributed by atoms with Crippen molar-refractivity contribution < 1.29 is 28.2 Å². The zero-order chi connectivity index (χ0) is 18.8. The van der Waals surface area contributed by atoms with Crippen LogP contribution in [0.3, 0.4) is 0 Å². The van der Waals surface area contributed by atoms with Crippen molar-refractivity contribution in [2.45, 2.75) is 31.5 Å². The molecule has 1 aliphatic rings. The number of halogens is 4. The Morgan fingerprint density at radius 1 is 1.36 bits per heavy atom. The van der Waals surface area contributed by atoms with Crippen LogP contribution in [0.25, 0.3) is 0 Å². The summed E-state index contributed by atoms with van der Waals surface area (Å²) in [6, 6.07) is 0.973. The standard InChI is InChI=1S/C16H20ClF3N2O3/c17-12-7-10(13(24)8-11(12)16(18,19)20)15(21)9-1-4-22(5-2-9)14(25)3-6-23/h7-9,15,23-24H,1-6,21H2/t15-/m1/s1. The van der Waals surface area contributed by atoms with Gasteiger partial charge in [-0.1, -0.05) is 11.6 Å². The third kappa shape index (κ3) is 4.56. The number of amides is 1. The van der Waals surface area contributed by atoms with Crippen LogP contribution in [-0.4, -0.2) is 40.7 Å². The lowest BCUT2D eigenvalue weighted by atomic mass is 9.85. The molecule has 0 unspecified atom stereocenters. The summed E-state index contributed by atoms with van der Waals surface area (Å²) in [7, 11) is 0. The number of phenolic OH excluding ortho intramolecular Hbond substituents is 1. The number of aliphatic hydroxyl groups is 1. The van der Waals surface area contributed by atoms with Gasteiger partial charge in [-0.15, -0.1) is 0 Å². The minimum Gasteiger partial charge on any atom is -0.508 e. The highest BCUT2D eigenvalue weighted by Crippen LogP contribution is 2.41. The van der Waals surface area contributed by atoms with Gasteiger partial charge in [-0.3, -0.25) is 4.79 Å². The molecule has 0 radical (unpaired) electrons. The maximum absolute atomic E-state index is 12.8. The van der Waals surface area contributed by atoms with Gasteiger partial charge in [0.25, 0.3) is 0 Å². The molecule has 0 spiro atoms. The number of rotatable bonds is 4. The molecule has 1 aliphatic heterocycles. The molecular weight excluding hydrogens is 361 g/mol. The number of hydrogen-bond acceptors (Lipinski definition) is 4. The van der Waals surface area contributed by atoms with E-state index in [1.54, 1.807) is 4.90 Å². The molecule has 1 saturated heterocycles. The first kappa shape index (κ1) is 19.8. The molecule has 9 heteroatoms. The van der Waals surface area contributed by atoms with Gasteiger partial charge in [0.05, 0.1) is 17.2 Å². The highest BCUT2D eigenvalue weighted by atomic mass is 35.5. The van der Waals surface area contributed by atoms with Crippen LogP contribution in [0.4, 0.5) is 13.2 Å². The van der Waals surface area contributed by atoms with Crippen molar-refractivity contribution in [2.24, 2.45) is 11.7 Å². The van der Waals surface area contributed by atoms with Crippen LogP contribution in [0.15, 0.2) is 12.1 Å². The molecular formula is C16H20ClF3N2O3. The van der Waals surface area contributed by atoms with Crippen molar-refractivity contribution in [3.05, 3.63) is 28.3 Å². The monoisotopic (exact) mass is 380 g/mol. The molecule has 2 rings (SSSR count). The predicted molar refractivity (Wildman–Crippen MR) is 86.1 cm³/mol. The van der Waals surface area contributed by atoms with E-state index >= 15 is 0 Å². The molecule has 1 aromatic carbocycles. The Morgan fingerprint density at radius 3 is 2.48 bits per heavy atom. The van der Waals surface area contributed by atoms with E-state index in [4.69, 9.17) is 22.4 Å². The number of nitrogens with two attached hydrogens (primary N) is 1. The molecule has 4 N–H and O–H groups in total. The number of aromatic hydroxyl groups is 1. The van der Waals surface area contributed by atoms with E-state index in [1.165, 1.54) is 0 Å².